The topological polar surface area (TPSA) is 74.2 Å². The van der Waals surface area contributed by atoms with Crippen molar-refractivity contribution in [1.29, 1.82) is 0 Å². The Labute approximate surface area is 206 Å². The number of rotatable bonds is 5. The number of nitrogens with one attached hydrogen (secondary N) is 1. The van der Waals surface area contributed by atoms with Crippen LogP contribution in [-0.2, 0) is 14.4 Å². The normalized spacial score (nSPS) is 27.6. The van der Waals surface area contributed by atoms with Gasteiger partial charge in [0.2, 0.25) is 0 Å². The summed E-state index contributed by atoms with van der Waals surface area (Å²) in [6.07, 6.45) is 8.82. The lowest BCUT2D eigenvalue weighted by Gasteiger charge is -2.34. The van der Waals surface area contributed by atoms with Crippen LogP contribution in [0.3, 0.4) is 0 Å². The Morgan fingerprint density at radius 3 is 2.62 bits per heavy atom. The standard InChI is InChI=1S/C26H34N4O3S/c1-18-3-5-21(6-4-18)24-27-25(32)26(28-24)11-13-29(14-12-26)34-16-10-20-7-8-22(17-19(20)2)30-23(31)9-15-33-30/h7-8,10,16-18,21H,3-6,9,11-15H2,1-2H3,(H,27,28,32)/b16-10+. The van der Waals surface area contributed by atoms with Gasteiger partial charge in [-0.1, -0.05) is 37.8 Å². The first-order valence-electron chi connectivity index (χ1n) is 12.5. The van der Waals surface area contributed by atoms with Crippen molar-refractivity contribution in [3.05, 3.63) is 34.7 Å². The molecule has 1 N–H and O–H groups in total. The highest BCUT2D eigenvalue weighted by Crippen LogP contribution is 2.36. The minimum absolute atomic E-state index is 0.00172. The third kappa shape index (κ3) is 4.81. The number of hydroxylamine groups is 1. The van der Waals surface area contributed by atoms with Crippen molar-refractivity contribution in [1.82, 2.24) is 9.62 Å². The van der Waals surface area contributed by atoms with Gasteiger partial charge in [-0.15, -0.1) is 0 Å². The molecule has 2 saturated heterocycles. The zero-order valence-electron chi connectivity index (χ0n) is 20.1. The first kappa shape index (κ1) is 23.6. The van der Waals surface area contributed by atoms with E-state index < -0.39 is 5.54 Å². The Balaban J connectivity index is 1.15. The number of aliphatic imine (C=N–C) groups is 1. The van der Waals surface area contributed by atoms with Gasteiger partial charge >= 0.3 is 0 Å². The van der Waals surface area contributed by atoms with E-state index in [-0.39, 0.29) is 11.8 Å². The molecule has 1 spiro atoms. The molecule has 34 heavy (non-hydrogen) atoms. The number of hydrogen-bond donors (Lipinski definition) is 1. The average molecular weight is 483 g/mol. The number of amidine groups is 1. The van der Waals surface area contributed by atoms with E-state index in [2.05, 4.69) is 28.0 Å². The zero-order valence-corrected chi connectivity index (χ0v) is 20.9. The van der Waals surface area contributed by atoms with Crippen molar-refractivity contribution in [3.63, 3.8) is 0 Å². The second-order valence-electron chi connectivity index (χ2n) is 10.1. The van der Waals surface area contributed by atoms with Crippen LogP contribution >= 0.6 is 11.9 Å². The number of carbonyl (C=O) groups is 2. The van der Waals surface area contributed by atoms with Gasteiger partial charge in [0.05, 0.1) is 18.7 Å². The number of carbonyl (C=O) groups excluding carboxylic acids is 2. The number of piperidine rings is 1. The molecular weight excluding hydrogens is 448 g/mol. The molecule has 1 aromatic rings. The van der Waals surface area contributed by atoms with E-state index in [9.17, 15) is 9.59 Å². The SMILES string of the molecule is Cc1cc(N2OCCC2=O)ccc1/C=C/SN1CCC2(CC1)N=C(C1CCC(C)CC1)NC2=O. The predicted molar refractivity (Wildman–Crippen MR) is 136 cm³/mol. The molecule has 0 atom stereocenters. The van der Waals surface area contributed by atoms with Gasteiger partial charge in [0, 0.05) is 19.0 Å². The van der Waals surface area contributed by atoms with Crippen molar-refractivity contribution in [2.24, 2.45) is 16.8 Å². The maximum Gasteiger partial charge on any atom is 0.253 e. The largest absolute Gasteiger partial charge is 0.312 e. The van der Waals surface area contributed by atoms with Gasteiger partial charge in [0.1, 0.15) is 11.4 Å². The van der Waals surface area contributed by atoms with E-state index in [1.807, 2.05) is 25.1 Å². The van der Waals surface area contributed by atoms with E-state index in [4.69, 9.17) is 9.83 Å². The summed E-state index contributed by atoms with van der Waals surface area (Å²) in [6, 6.07) is 5.93. The molecule has 3 aliphatic heterocycles. The number of nitrogens with zero attached hydrogens (tertiary/aromatic N) is 3. The second kappa shape index (κ2) is 9.84. The molecule has 0 aromatic heterocycles. The van der Waals surface area contributed by atoms with Crippen LogP contribution in [0.5, 0.6) is 0 Å². The van der Waals surface area contributed by atoms with Gasteiger partial charge in [-0.3, -0.25) is 19.4 Å². The van der Waals surface area contributed by atoms with Gasteiger partial charge in [-0.25, -0.2) is 4.31 Å². The van der Waals surface area contributed by atoms with Crippen molar-refractivity contribution in [2.75, 3.05) is 24.8 Å². The zero-order chi connectivity index (χ0) is 23.7. The fourth-order valence-corrected chi connectivity index (χ4v) is 6.12. The third-order valence-electron chi connectivity index (χ3n) is 7.66. The highest BCUT2D eigenvalue weighted by molar-refractivity contribution is 8.00. The van der Waals surface area contributed by atoms with E-state index in [0.29, 0.717) is 18.9 Å². The Morgan fingerprint density at radius 1 is 1.18 bits per heavy atom. The predicted octanol–water partition coefficient (Wildman–Crippen LogP) is 4.47. The quantitative estimate of drug-likeness (QED) is 0.627. The monoisotopic (exact) mass is 482 g/mol. The molecule has 2 amide bonds. The van der Waals surface area contributed by atoms with Crippen LogP contribution in [0.2, 0.25) is 0 Å². The summed E-state index contributed by atoms with van der Waals surface area (Å²) < 4.78 is 2.31. The summed E-state index contributed by atoms with van der Waals surface area (Å²) in [4.78, 5) is 35.2. The molecule has 5 rings (SSSR count). The summed E-state index contributed by atoms with van der Waals surface area (Å²) in [5.74, 6) is 2.29. The van der Waals surface area contributed by atoms with Crippen molar-refractivity contribution in [2.45, 2.75) is 64.3 Å². The van der Waals surface area contributed by atoms with Crippen molar-refractivity contribution in [3.8, 4) is 0 Å². The molecule has 3 heterocycles. The van der Waals surface area contributed by atoms with E-state index in [0.717, 1.165) is 67.3 Å². The molecule has 8 heteroatoms. The van der Waals surface area contributed by atoms with Crippen LogP contribution in [-0.4, -0.2) is 47.2 Å². The minimum Gasteiger partial charge on any atom is -0.312 e. The number of hydrogen-bond acceptors (Lipinski definition) is 6. The number of amides is 2. The second-order valence-corrected chi connectivity index (χ2v) is 11.1. The third-order valence-corrected chi connectivity index (χ3v) is 8.58. The van der Waals surface area contributed by atoms with Crippen LogP contribution < -0.4 is 10.4 Å². The molecule has 0 unspecified atom stereocenters. The smallest absolute Gasteiger partial charge is 0.253 e. The maximum absolute atomic E-state index is 12.9. The first-order chi connectivity index (χ1) is 16.4. The van der Waals surface area contributed by atoms with Crippen LogP contribution in [0.25, 0.3) is 6.08 Å². The fourth-order valence-electron chi connectivity index (χ4n) is 5.35. The number of benzene rings is 1. The summed E-state index contributed by atoms with van der Waals surface area (Å²) in [5, 5.41) is 6.64. The Morgan fingerprint density at radius 2 is 1.94 bits per heavy atom. The molecule has 0 radical (unpaired) electrons. The molecule has 1 saturated carbocycles. The lowest BCUT2D eigenvalue weighted by molar-refractivity contribution is -0.125. The van der Waals surface area contributed by atoms with Crippen molar-refractivity contribution >= 4 is 41.4 Å². The molecule has 1 aliphatic carbocycles. The molecule has 3 fully saturated rings. The van der Waals surface area contributed by atoms with Gasteiger partial charge in [-0.2, -0.15) is 5.06 Å². The van der Waals surface area contributed by atoms with Crippen molar-refractivity contribution < 1.29 is 14.4 Å². The van der Waals surface area contributed by atoms with Gasteiger partial charge in [0.25, 0.3) is 11.8 Å². The molecule has 182 valence electrons. The van der Waals surface area contributed by atoms with Gasteiger partial charge in [0.15, 0.2) is 0 Å². The van der Waals surface area contributed by atoms with E-state index in [1.165, 1.54) is 17.9 Å². The molecule has 1 aromatic carbocycles. The lowest BCUT2D eigenvalue weighted by Crippen LogP contribution is -2.47. The number of aryl methyl sites for hydroxylation is 1. The summed E-state index contributed by atoms with van der Waals surface area (Å²) in [7, 11) is 0. The highest BCUT2D eigenvalue weighted by atomic mass is 32.2. The molecule has 0 bridgehead atoms. The van der Waals surface area contributed by atoms with Crippen LogP contribution in [0, 0.1) is 18.8 Å². The van der Waals surface area contributed by atoms with Crippen LogP contribution in [0.1, 0.15) is 63.0 Å². The Hall–Kier alpha value is -2.16. The van der Waals surface area contributed by atoms with E-state index in [1.54, 1.807) is 11.9 Å². The summed E-state index contributed by atoms with van der Waals surface area (Å²) in [5.41, 5.74) is 2.43. The Kier molecular flexibility index (Phi) is 6.82. The lowest BCUT2D eigenvalue weighted by atomic mass is 9.82. The molecule has 4 aliphatic rings. The maximum atomic E-state index is 12.9. The highest BCUT2D eigenvalue weighted by Gasteiger charge is 2.47. The Bertz CT molecular complexity index is 1010. The molecule has 7 nitrogen and oxygen atoms in total. The average Bonchev–Trinajstić information content (AvgIpc) is 3.40. The number of anilines is 1. The van der Waals surface area contributed by atoms with Gasteiger partial charge in [-0.05, 0) is 73.3 Å². The minimum atomic E-state index is -0.555. The first-order valence-corrected chi connectivity index (χ1v) is 13.3. The van der Waals surface area contributed by atoms with E-state index >= 15 is 0 Å². The molecular formula is C26H34N4O3S. The summed E-state index contributed by atoms with van der Waals surface area (Å²) in [6.45, 7) is 6.48. The fraction of sp³-hybridized carbons (Fsp3) is 0.577. The summed E-state index contributed by atoms with van der Waals surface area (Å²) >= 11 is 1.69. The van der Waals surface area contributed by atoms with Gasteiger partial charge < -0.3 is 5.32 Å². The van der Waals surface area contributed by atoms with Crippen LogP contribution in [0.15, 0.2) is 28.6 Å². The van der Waals surface area contributed by atoms with Crippen LogP contribution in [0.4, 0.5) is 5.69 Å².